The molecule has 0 aliphatic heterocycles. The highest BCUT2D eigenvalue weighted by atomic mass is 35.5. The smallest absolute Gasteiger partial charge is 0.0496 e. The number of benzene rings is 1. The van der Waals surface area contributed by atoms with E-state index in [0.717, 1.165) is 10.9 Å². The van der Waals surface area contributed by atoms with Gasteiger partial charge >= 0.3 is 0 Å². The Hall–Kier alpha value is -0.570. The standard InChI is InChI=1S/C15H23ClN2/c1-10(17)15(13-5-4-6-14(16)9-13)18(3)11(2)12-7-8-12/h4-6,9-12,15H,7-8,17H2,1-3H3. The summed E-state index contributed by atoms with van der Waals surface area (Å²) >= 11 is 6.09. The van der Waals surface area contributed by atoms with Crippen LogP contribution < -0.4 is 5.73 Å². The number of halogens is 1. The number of likely N-dealkylation sites (N-methyl/N-ethyl adjacent to an activating group) is 1. The van der Waals surface area contributed by atoms with Crippen molar-refractivity contribution in [2.24, 2.45) is 11.7 Å². The predicted molar refractivity (Wildman–Crippen MR) is 77.8 cm³/mol. The lowest BCUT2D eigenvalue weighted by Gasteiger charge is -2.36. The first-order valence-corrected chi connectivity index (χ1v) is 7.11. The van der Waals surface area contributed by atoms with Gasteiger partial charge in [0.25, 0.3) is 0 Å². The Bertz CT molecular complexity index is 401. The van der Waals surface area contributed by atoms with Gasteiger partial charge in [-0.15, -0.1) is 0 Å². The molecule has 0 amide bonds. The van der Waals surface area contributed by atoms with Crippen LogP contribution in [0.1, 0.15) is 38.3 Å². The third-order valence-corrected chi connectivity index (χ3v) is 4.31. The number of nitrogens with two attached hydrogens (primary N) is 1. The van der Waals surface area contributed by atoms with Crippen LogP contribution in [-0.4, -0.2) is 24.0 Å². The molecule has 1 aromatic rings. The quantitative estimate of drug-likeness (QED) is 0.884. The van der Waals surface area contributed by atoms with E-state index in [9.17, 15) is 0 Å². The van der Waals surface area contributed by atoms with Crippen molar-refractivity contribution in [3.63, 3.8) is 0 Å². The lowest BCUT2D eigenvalue weighted by Crippen LogP contribution is -2.42. The van der Waals surface area contributed by atoms with E-state index in [4.69, 9.17) is 17.3 Å². The molecule has 0 heterocycles. The molecular weight excluding hydrogens is 244 g/mol. The third-order valence-electron chi connectivity index (χ3n) is 4.07. The zero-order valence-corrected chi connectivity index (χ0v) is 12.2. The summed E-state index contributed by atoms with van der Waals surface area (Å²) in [5.41, 5.74) is 7.41. The molecule has 2 nitrogen and oxygen atoms in total. The first-order chi connectivity index (χ1) is 8.50. The van der Waals surface area contributed by atoms with Crippen LogP contribution in [0.15, 0.2) is 24.3 Å². The molecule has 0 saturated heterocycles. The fourth-order valence-corrected chi connectivity index (χ4v) is 2.96. The van der Waals surface area contributed by atoms with Gasteiger partial charge in [-0.25, -0.2) is 0 Å². The summed E-state index contributed by atoms with van der Waals surface area (Å²) in [6.45, 7) is 4.37. The zero-order valence-electron chi connectivity index (χ0n) is 11.4. The molecule has 1 aromatic carbocycles. The van der Waals surface area contributed by atoms with E-state index in [-0.39, 0.29) is 12.1 Å². The average molecular weight is 267 g/mol. The number of hydrogen-bond donors (Lipinski definition) is 1. The van der Waals surface area contributed by atoms with Crippen LogP contribution in [0.2, 0.25) is 5.02 Å². The Kier molecular flexibility index (Phi) is 4.31. The molecule has 1 fully saturated rings. The number of rotatable bonds is 5. The Morgan fingerprint density at radius 3 is 2.50 bits per heavy atom. The molecule has 2 N–H and O–H groups in total. The molecule has 1 saturated carbocycles. The molecule has 0 bridgehead atoms. The van der Waals surface area contributed by atoms with Crippen molar-refractivity contribution < 1.29 is 0 Å². The van der Waals surface area contributed by atoms with Crippen LogP contribution in [0, 0.1) is 5.92 Å². The second-order valence-electron chi connectivity index (χ2n) is 5.60. The van der Waals surface area contributed by atoms with Gasteiger partial charge in [-0.2, -0.15) is 0 Å². The van der Waals surface area contributed by atoms with Crippen molar-refractivity contribution in [1.29, 1.82) is 0 Å². The summed E-state index contributed by atoms with van der Waals surface area (Å²) in [5.74, 6) is 0.843. The van der Waals surface area contributed by atoms with Gasteiger partial charge in [0, 0.05) is 23.1 Å². The van der Waals surface area contributed by atoms with Crippen LogP contribution >= 0.6 is 11.6 Å². The van der Waals surface area contributed by atoms with Crippen molar-refractivity contribution >= 4 is 11.6 Å². The SMILES string of the molecule is CC(N)C(c1cccc(Cl)c1)N(C)C(C)C1CC1. The van der Waals surface area contributed by atoms with E-state index < -0.39 is 0 Å². The van der Waals surface area contributed by atoms with Crippen molar-refractivity contribution in [2.45, 2.75) is 44.8 Å². The summed E-state index contributed by atoms with van der Waals surface area (Å²) in [4.78, 5) is 2.41. The molecule has 3 heteroatoms. The maximum absolute atomic E-state index is 6.19. The lowest BCUT2D eigenvalue weighted by atomic mass is 9.97. The minimum Gasteiger partial charge on any atom is -0.326 e. The van der Waals surface area contributed by atoms with E-state index in [2.05, 4.69) is 31.9 Å². The van der Waals surface area contributed by atoms with E-state index in [1.807, 2.05) is 18.2 Å². The highest BCUT2D eigenvalue weighted by molar-refractivity contribution is 6.30. The van der Waals surface area contributed by atoms with Gasteiger partial charge in [0.05, 0.1) is 0 Å². The van der Waals surface area contributed by atoms with E-state index in [0.29, 0.717) is 6.04 Å². The fourth-order valence-electron chi connectivity index (χ4n) is 2.76. The van der Waals surface area contributed by atoms with E-state index >= 15 is 0 Å². The Labute approximate surface area is 115 Å². The summed E-state index contributed by atoms with van der Waals surface area (Å²) in [6, 6.07) is 8.98. The minimum atomic E-state index is 0.0923. The van der Waals surface area contributed by atoms with E-state index in [1.54, 1.807) is 0 Å². The molecular formula is C15H23ClN2. The molecule has 2 rings (SSSR count). The normalized spacial score (nSPS) is 20.8. The molecule has 0 radical (unpaired) electrons. The van der Waals surface area contributed by atoms with Gasteiger partial charge in [0.1, 0.15) is 0 Å². The molecule has 1 aliphatic rings. The first-order valence-electron chi connectivity index (χ1n) is 6.73. The van der Waals surface area contributed by atoms with Gasteiger partial charge in [-0.05, 0) is 57.4 Å². The van der Waals surface area contributed by atoms with Crippen LogP contribution in [0.4, 0.5) is 0 Å². The van der Waals surface area contributed by atoms with Crippen LogP contribution in [0.25, 0.3) is 0 Å². The molecule has 1 aliphatic carbocycles. The van der Waals surface area contributed by atoms with E-state index in [1.165, 1.54) is 18.4 Å². The molecule has 18 heavy (non-hydrogen) atoms. The lowest BCUT2D eigenvalue weighted by molar-refractivity contribution is 0.149. The highest BCUT2D eigenvalue weighted by Crippen LogP contribution is 2.38. The zero-order chi connectivity index (χ0) is 13.3. The van der Waals surface area contributed by atoms with Crippen LogP contribution in [0.3, 0.4) is 0 Å². The topological polar surface area (TPSA) is 29.3 Å². The minimum absolute atomic E-state index is 0.0923. The largest absolute Gasteiger partial charge is 0.326 e. The Balaban J connectivity index is 2.21. The summed E-state index contributed by atoms with van der Waals surface area (Å²) in [7, 11) is 2.18. The van der Waals surface area contributed by atoms with Crippen molar-refractivity contribution in [3.05, 3.63) is 34.9 Å². The Morgan fingerprint density at radius 1 is 1.33 bits per heavy atom. The van der Waals surface area contributed by atoms with Gasteiger partial charge < -0.3 is 5.73 Å². The fraction of sp³-hybridized carbons (Fsp3) is 0.600. The number of nitrogens with zero attached hydrogens (tertiary/aromatic N) is 1. The molecule has 100 valence electrons. The third kappa shape index (κ3) is 3.05. The van der Waals surface area contributed by atoms with Crippen molar-refractivity contribution in [3.8, 4) is 0 Å². The molecule has 3 unspecified atom stereocenters. The average Bonchev–Trinajstić information content (AvgIpc) is 3.11. The maximum atomic E-state index is 6.19. The predicted octanol–water partition coefficient (Wildman–Crippen LogP) is 3.46. The summed E-state index contributed by atoms with van der Waals surface area (Å²) < 4.78 is 0. The van der Waals surface area contributed by atoms with Gasteiger partial charge in [0.15, 0.2) is 0 Å². The second-order valence-corrected chi connectivity index (χ2v) is 6.04. The van der Waals surface area contributed by atoms with Gasteiger partial charge in [-0.3, -0.25) is 4.90 Å². The Morgan fingerprint density at radius 2 is 2.00 bits per heavy atom. The maximum Gasteiger partial charge on any atom is 0.0496 e. The highest BCUT2D eigenvalue weighted by Gasteiger charge is 2.34. The second kappa shape index (κ2) is 5.60. The molecule has 3 atom stereocenters. The summed E-state index contributed by atoms with van der Waals surface area (Å²) in [5, 5.41) is 0.783. The van der Waals surface area contributed by atoms with Gasteiger partial charge in [-0.1, -0.05) is 23.7 Å². The number of hydrogen-bond acceptors (Lipinski definition) is 2. The van der Waals surface area contributed by atoms with Crippen LogP contribution in [0.5, 0.6) is 0 Å². The van der Waals surface area contributed by atoms with Crippen molar-refractivity contribution in [2.75, 3.05) is 7.05 Å². The molecule has 0 spiro atoms. The van der Waals surface area contributed by atoms with Gasteiger partial charge in [0.2, 0.25) is 0 Å². The molecule has 0 aromatic heterocycles. The van der Waals surface area contributed by atoms with Crippen LogP contribution in [-0.2, 0) is 0 Å². The summed E-state index contributed by atoms with van der Waals surface area (Å²) in [6.07, 6.45) is 2.71. The van der Waals surface area contributed by atoms with Crippen molar-refractivity contribution in [1.82, 2.24) is 4.90 Å². The monoisotopic (exact) mass is 266 g/mol. The first kappa shape index (κ1) is 13.9.